The van der Waals surface area contributed by atoms with E-state index in [1.54, 1.807) is 48.7 Å². The Labute approximate surface area is 177 Å². The molecule has 4 N–H and O–H groups in total. The van der Waals surface area contributed by atoms with Crippen molar-refractivity contribution in [2.45, 2.75) is 13.8 Å². The predicted molar refractivity (Wildman–Crippen MR) is 115 cm³/mol. The third kappa shape index (κ3) is 4.96. The summed E-state index contributed by atoms with van der Waals surface area (Å²) in [5.74, 6) is -2.44. The van der Waals surface area contributed by atoms with E-state index in [-0.39, 0.29) is 11.1 Å². The lowest BCUT2D eigenvalue weighted by atomic mass is 10.1. The van der Waals surface area contributed by atoms with E-state index < -0.39 is 18.0 Å². The van der Waals surface area contributed by atoms with Gasteiger partial charge in [0.2, 0.25) is 0 Å². The first-order valence-electron chi connectivity index (χ1n) is 9.22. The van der Waals surface area contributed by atoms with Gasteiger partial charge in [-0.1, -0.05) is 18.2 Å². The van der Waals surface area contributed by atoms with E-state index in [1.807, 2.05) is 6.07 Å². The minimum atomic E-state index is -1.22. The number of aromatic carboxylic acids is 2. The van der Waals surface area contributed by atoms with Crippen LogP contribution in [0.2, 0.25) is 0 Å². The van der Waals surface area contributed by atoms with Crippen LogP contribution in [-0.2, 0) is 0 Å². The largest absolute Gasteiger partial charge is 0.478 e. The Bertz CT molecular complexity index is 1150. The molecule has 0 spiro atoms. The van der Waals surface area contributed by atoms with Crippen molar-refractivity contribution >= 4 is 29.9 Å². The number of carbonyl (C=O) groups is 3. The van der Waals surface area contributed by atoms with Gasteiger partial charge < -0.3 is 20.1 Å². The second-order valence-electron chi connectivity index (χ2n) is 6.73. The summed E-state index contributed by atoms with van der Waals surface area (Å²) in [7, 11) is 0. The van der Waals surface area contributed by atoms with Gasteiger partial charge in [0.15, 0.2) is 0 Å². The van der Waals surface area contributed by atoms with Crippen molar-refractivity contribution in [1.82, 2.24) is 9.99 Å². The molecule has 9 nitrogen and oxygen atoms in total. The summed E-state index contributed by atoms with van der Waals surface area (Å²) < 4.78 is 1.73. The van der Waals surface area contributed by atoms with Crippen LogP contribution < -0.4 is 10.7 Å². The zero-order chi connectivity index (χ0) is 22.5. The van der Waals surface area contributed by atoms with Crippen LogP contribution in [-0.4, -0.2) is 39.0 Å². The fourth-order valence-corrected chi connectivity index (χ4v) is 3.14. The zero-order valence-electron chi connectivity index (χ0n) is 16.8. The number of hydrogen-bond acceptors (Lipinski definition) is 4. The molecule has 0 saturated carbocycles. The molecule has 158 valence electrons. The smallest absolute Gasteiger partial charge is 0.339 e. The molecule has 3 rings (SSSR count). The van der Waals surface area contributed by atoms with Crippen LogP contribution in [0.3, 0.4) is 0 Å². The van der Waals surface area contributed by atoms with Gasteiger partial charge in [0.25, 0.3) is 0 Å². The van der Waals surface area contributed by atoms with Crippen molar-refractivity contribution in [1.29, 1.82) is 0 Å². The SMILES string of the molecule is Cc1cc(/C=N\NC(=O)Nc2ccccc2)c(C)n1-c1cc(C(=O)O)cc(C(=O)O)c1. The number of aromatic nitrogens is 1. The second kappa shape index (κ2) is 8.95. The Morgan fingerprint density at radius 2 is 1.55 bits per heavy atom. The molecule has 0 unspecified atom stereocenters. The van der Waals surface area contributed by atoms with Crippen LogP contribution in [0.4, 0.5) is 10.5 Å². The molecule has 0 aliphatic heterocycles. The first-order valence-corrected chi connectivity index (χ1v) is 9.22. The highest BCUT2D eigenvalue weighted by molar-refractivity contribution is 5.95. The molecule has 1 aromatic heterocycles. The molecule has 0 atom stereocenters. The average molecular weight is 420 g/mol. The van der Waals surface area contributed by atoms with Gasteiger partial charge >= 0.3 is 18.0 Å². The molecule has 0 fully saturated rings. The van der Waals surface area contributed by atoms with E-state index in [9.17, 15) is 24.6 Å². The number of anilines is 1. The monoisotopic (exact) mass is 420 g/mol. The molecule has 9 heteroatoms. The lowest BCUT2D eigenvalue weighted by Gasteiger charge is -2.12. The number of carboxylic acid groups (broad SMARTS) is 2. The summed E-state index contributed by atoms with van der Waals surface area (Å²) in [6, 6.07) is 14.1. The normalized spacial score (nSPS) is 10.8. The number of nitrogens with one attached hydrogen (secondary N) is 2. The quantitative estimate of drug-likeness (QED) is 0.357. The Balaban J connectivity index is 1.84. The van der Waals surface area contributed by atoms with Gasteiger partial charge in [-0.2, -0.15) is 5.10 Å². The number of aryl methyl sites for hydroxylation is 1. The number of urea groups is 1. The molecule has 3 aromatic rings. The number of hydrazone groups is 1. The van der Waals surface area contributed by atoms with E-state index in [0.29, 0.717) is 22.6 Å². The van der Waals surface area contributed by atoms with Crippen LogP contribution >= 0.6 is 0 Å². The molecule has 31 heavy (non-hydrogen) atoms. The maximum atomic E-state index is 11.9. The van der Waals surface area contributed by atoms with E-state index in [2.05, 4.69) is 15.8 Å². The first kappa shape index (κ1) is 21.3. The van der Waals surface area contributed by atoms with E-state index >= 15 is 0 Å². The van der Waals surface area contributed by atoms with Crippen molar-refractivity contribution in [3.63, 3.8) is 0 Å². The minimum Gasteiger partial charge on any atom is -0.478 e. The molecule has 0 aliphatic carbocycles. The zero-order valence-corrected chi connectivity index (χ0v) is 16.8. The number of nitrogens with zero attached hydrogens (tertiary/aromatic N) is 2. The fraction of sp³-hybridized carbons (Fsp3) is 0.0909. The number of hydrogen-bond donors (Lipinski definition) is 4. The number of amides is 2. The van der Waals surface area contributed by atoms with Crippen LogP contribution in [0.25, 0.3) is 5.69 Å². The standard InChI is InChI=1S/C22H20N4O5/c1-13-8-17(12-23-25-22(31)24-18-6-4-3-5-7-18)14(2)26(13)19-10-15(20(27)28)9-16(11-19)21(29)30/h3-12H,1-2H3,(H,27,28)(H,29,30)(H2,24,25,31)/b23-12-. The summed E-state index contributed by atoms with van der Waals surface area (Å²) in [6.45, 7) is 3.58. The second-order valence-corrected chi connectivity index (χ2v) is 6.73. The van der Waals surface area contributed by atoms with Crippen molar-refractivity contribution in [2.75, 3.05) is 5.32 Å². The van der Waals surface area contributed by atoms with Crippen molar-refractivity contribution in [3.05, 3.63) is 82.7 Å². The summed E-state index contributed by atoms with van der Waals surface area (Å²) >= 11 is 0. The maximum absolute atomic E-state index is 11.9. The number of benzene rings is 2. The van der Waals surface area contributed by atoms with Gasteiger partial charge in [-0.3, -0.25) is 0 Å². The predicted octanol–water partition coefficient (Wildman–Crippen LogP) is 3.65. The number of para-hydroxylation sites is 1. The first-order chi connectivity index (χ1) is 14.8. The van der Waals surface area contributed by atoms with Crippen LogP contribution in [0.5, 0.6) is 0 Å². The molecule has 2 aromatic carbocycles. The van der Waals surface area contributed by atoms with E-state index in [1.165, 1.54) is 18.3 Å². The lowest BCUT2D eigenvalue weighted by Crippen LogP contribution is -2.24. The van der Waals surface area contributed by atoms with Gasteiger partial charge in [-0.05, 0) is 50.2 Å². The van der Waals surface area contributed by atoms with Crippen LogP contribution in [0.1, 0.15) is 37.7 Å². The molecule has 0 aliphatic rings. The third-order valence-corrected chi connectivity index (χ3v) is 4.54. The molecule has 0 radical (unpaired) electrons. The number of rotatable bonds is 6. The molecule has 0 bridgehead atoms. The summed E-state index contributed by atoms with van der Waals surface area (Å²) in [6.07, 6.45) is 1.46. The molecule has 1 heterocycles. The highest BCUT2D eigenvalue weighted by Crippen LogP contribution is 2.22. The van der Waals surface area contributed by atoms with Crippen molar-refractivity contribution in [2.24, 2.45) is 5.10 Å². The van der Waals surface area contributed by atoms with Gasteiger partial charge in [-0.25, -0.2) is 19.8 Å². The Morgan fingerprint density at radius 1 is 0.935 bits per heavy atom. The number of carboxylic acids is 2. The summed E-state index contributed by atoms with van der Waals surface area (Å²) in [5.41, 5.74) is 5.27. The van der Waals surface area contributed by atoms with Gasteiger partial charge in [-0.15, -0.1) is 0 Å². The highest BCUT2D eigenvalue weighted by atomic mass is 16.4. The van der Waals surface area contributed by atoms with E-state index in [0.717, 1.165) is 11.8 Å². The molecule has 2 amide bonds. The van der Waals surface area contributed by atoms with E-state index in [4.69, 9.17) is 0 Å². The average Bonchev–Trinajstić information content (AvgIpc) is 3.01. The van der Waals surface area contributed by atoms with Gasteiger partial charge in [0.05, 0.1) is 17.3 Å². The van der Waals surface area contributed by atoms with Crippen molar-refractivity contribution < 1.29 is 24.6 Å². The maximum Gasteiger partial charge on any atom is 0.339 e. The third-order valence-electron chi connectivity index (χ3n) is 4.54. The Morgan fingerprint density at radius 3 is 2.13 bits per heavy atom. The summed E-state index contributed by atoms with van der Waals surface area (Å²) in [5, 5.41) is 25.2. The minimum absolute atomic E-state index is 0.128. The number of carbonyl (C=O) groups excluding carboxylic acids is 1. The van der Waals surface area contributed by atoms with Crippen LogP contribution in [0.15, 0.2) is 59.7 Å². The van der Waals surface area contributed by atoms with Crippen LogP contribution in [0, 0.1) is 13.8 Å². The molecular formula is C22H20N4O5. The highest BCUT2D eigenvalue weighted by Gasteiger charge is 2.16. The Hall–Kier alpha value is -4.40. The Kier molecular flexibility index (Phi) is 6.15. The van der Waals surface area contributed by atoms with Crippen molar-refractivity contribution in [3.8, 4) is 5.69 Å². The topological polar surface area (TPSA) is 133 Å². The van der Waals surface area contributed by atoms with Gasteiger partial charge in [0.1, 0.15) is 0 Å². The summed E-state index contributed by atoms with van der Waals surface area (Å²) in [4.78, 5) is 34.7. The molecule has 0 saturated heterocycles. The lowest BCUT2D eigenvalue weighted by molar-refractivity contribution is 0.0696. The fourth-order valence-electron chi connectivity index (χ4n) is 3.14. The van der Waals surface area contributed by atoms with Gasteiger partial charge in [0, 0.05) is 28.3 Å². The molecular weight excluding hydrogens is 400 g/mol.